The zero-order valence-electron chi connectivity index (χ0n) is 15.1. The van der Waals surface area contributed by atoms with Gasteiger partial charge in [-0.25, -0.2) is 0 Å². The van der Waals surface area contributed by atoms with E-state index in [-0.39, 0.29) is 28.8 Å². The summed E-state index contributed by atoms with van der Waals surface area (Å²) in [5.74, 6) is -0.320. The predicted molar refractivity (Wildman–Crippen MR) is 95.3 cm³/mol. The molecule has 1 amide bonds. The number of amides is 1. The number of hydrogen-bond donors (Lipinski definition) is 2. The second-order valence-corrected chi connectivity index (χ2v) is 12.5. The molecule has 1 aliphatic rings. The van der Waals surface area contributed by atoms with E-state index in [2.05, 4.69) is 26.1 Å². The molecule has 8 nitrogen and oxygen atoms in total. The summed E-state index contributed by atoms with van der Waals surface area (Å²) >= 11 is 0. The first-order valence-electron chi connectivity index (χ1n) is 7.96. The Labute approximate surface area is 147 Å². The van der Waals surface area contributed by atoms with Crippen molar-refractivity contribution in [1.29, 1.82) is 0 Å². The number of aliphatic hydroxyl groups excluding tert-OH is 1. The molecule has 1 heterocycles. The monoisotopic (exact) mass is 368 g/mol. The molecular formula is C16H24N2O6Si. The summed E-state index contributed by atoms with van der Waals surface area (Å²) in [7, 11) is -2.16. The fraction of sp³-hybridized carbons (Fsp3) is 0.562. The Kier molecular flexibility index (Phi) is 4.95. The number of hydrogen-bond acceptors (Lipinski definition) is 6. The van der Waals surface area contributed by atoms with Gasteiger partial charge in [-0.05, 0) is 24.2 Å². The summed E-state index contributed by atoms with van der Waals surface area (Å²) in [4.78, 5) is 22.8. The quantitative estimate of drug-likeness (QED) is 0.469. The van der Waals surface area contributed by atoms with Crippen LogP contribution >= 0.6 is 0 Å². The molecule has 2 N–H and O–H groups in total. The van der Waals surface area contributed by atoms with Gasteiger partial charge in [0.05, 0.1) is 23.8 Å². The molecule has 1 aromatic carbocycles. The number of rotatable bonds is 5. The van der Waals surface area contributed by atoms with E-state index < -0.39 is 31.4 Å². The number of non-ortho nitro benzene ring substituents is 1. The van der Waals surface area contributed by atoms with Crippen molar-refractivity contribution in [2.45, 2.75) is 44.5 Å². The molecule has 1 unspecified atom stereocenters. The van der Waals surface area contributed by atoms with Gasteiger partial charge in [-0.2, -0.15) is 0 Å². The van der Waals surface area contributed by atoms with Crippen LogP contribution in [0.4, 0.5) is 11.4 Å². The number of aliphatic hydroxyl groups is 1. The summed E-state index contributed by atoms with van der Waals surface area (Å²) in [6.07, 6.45) is 0. The molecule has 0 aliphatic carbocycles. The van der Waals surface area contributed by atoms with Gasteiger partial charge >= 0.3 is 0 Å². The average molecular weight is 368 g/mol. The molecular weight excluding hydrogens is 344 g/mol. The molecule has 0 bridgehead atoms. The van der Waals surface area contributed by atoms with Crippen LogP contribution in [0.3, 0.4) is 0 Å². The van der Waals surface area contributed by atoms with Crippen LogP contribution < -0.4 is 10.1 Å². The molecule has 9 heteroatoms. The van der Waals surface area contributed by atoms with Gasteiger partial charge in [0.25, 0.3) is 11.6 Å². The van der Waals surface area contributed by atoms with Gasteiger partial charge in [0, 0.05) is 12.1 Å². The number of benzene rings is 1. The van der Waals surface area contributed by atoms with Crippen molar-refractivity contribution in [2.75, 3.05) is 18.5 Å². The number of anilines is 1. The number of nitrogens with zero attached hydrogens (tertiary/aromatic N) is 1. The summed E-state index contributed by atoms with van der Waals surface area (Å²) in [5.41, 5.74) is -1.52. The van der Waals surface area contributed by atoms with E-state index in [1.807, 2.05) is 13.1 Å². The van der Waals surface area contributed by atoms with Crippen LogP contribution in [0.2, 0.25) is 18.1 Å². The highest BCUT2D eigenvalue weighted by atomic mass is 28.4. The van der Waals surface area contributed by atoms with E-state index in [0.29, 0.717) is 0 Å². The molecule has 0 radical (unpaired) electrons. The maximum atomic E-state index is 12.5. The van der Waals surface area contributed by atoms with Crippen molar-refractivity contribution in [3.8, 4) is 5.75 Å². The number of carbonyl (C=O) groups is 1. The van der Waals surface area contributed by atoms with Crippen LogP contribution in [0.15, 0.2) is 18.2 Å². The number of nitro groups is 1. The maximum Gasteiger partial charge on any atom is 0.273 e. The lowest BCUT2D eigenvalue weighted by molar-refractivity contribution is -0.384. The number of carbonyl (C=O) groups excluding carboxylic acids is 1. The third kappa shape index (κ3) is 3.68. The molecule has 0 spiro atoms. The lowest BCUT2D eigenvalue weighted by atomic mass is 10.0. The Hall–Kier alpha value is -1.97. The highest BCUT2D eigenvalue weighted by Gasteiger charge is 2.48. The van der Waals surface area contributed by atoms with Crippen molar-refractivity contribution in [3.05, 3.63) is 28.3 Å². The Morgan fingerprint density at radius 2 is 2.04 bits per heavy atom. The predicted octanol–water partition coefficient (Wildman–Crippen LogP) is 2.68. The van der Waals surface area contributed by atoms with Crippen molar-refractivity contribution in [2.24, 2.45) is 0 Å². The van der Waals surface area contributed by atoms with Crippen LogP contribution in [0.5, 0.6) is 5.75 Å². The smallest absolute Gasteiger partial charge is 0.273 e. The van der Waals surface area contributed by atoms with Gasteiger partial charge in [0.15, 0.2) is 8.32 Å². The molecule has 25 heavy (non-hydrogen) atoms. The van der Waals surface area contributed by atoms with Gasteiger partial charge in [-0.3, -0.25) is 14.9 Å². The van der Waals surface area contributed by atoms with Crippen LogP contribution in [0.1, 0.15) is 20.8 Å². The van der Waals surface area contributed by atoms with E-state index >= 15 is 0 Å². The first kappa shape index (κ1) is 19.4. The summed E-state index contributed by atoms with van der Waals surface area (Å²) in [6.45, 7) is 9.63. The van der Waals surface area contributed by atoms with E-state index in [1.54, 1.807) is 0 Å². The van der Waals surface area contributed by atoms with E-state index in [0.717, 1.165) is 0 Å². The third-order valence-electron chi connectivity index (χ3n) is 4.87. The minimum Gasteiger partial charge on any atom is -0.470 e. The lowest BCUT2D eigenvalue weighted by Crippen LogP contribution is -2.59. The Balaban J connectivity index is 2.27. The Morgan fingerprint density at radius 3 is 2.56 bits per heavy atom. The van der Waals surface area contributed by atoms with Crippen LogP contribution in [-0.4, -0.2) is 43.1 Å². The largest absolute Gasteiger partial charge is 0.470 e. The van der Waals surface area contributed by atoms with Gasteiger partial charge in [-0.1, -0.05) is 20.8 Å². The van der Waals surface area contributed by atoms with Crippen molar-refractivity contribution in [3.63, 3.8) is 0 Å². The molecule has 138 valence electrons. The van der Waals surface area contributed by atoms with Crippen LogP contribution in [-0.2, 0) is 9.22 Å². The molecule has 1 atom stereocenters. The molecule has 0 saturated heterocycles. The molecule has 1 aliphatic heterocycles. The van der Waals surface area contributed by atoms with Gasteiger partial charge < -0.3 is 19.6 Å². The fourth-order valence-corrected chi connectivity index (χ4v) is 3.10. The highest BCUT2D eigenvalue weighted by molar-refractivity contribution is 6.74. The second kappa shape index (κ2) is 6.39. The minimum absolute atomic E-state index is 0.0622. The molecule has 0 saturated carbocycles. The first-order chi connectivity index (χ1) is 11.4. The first-order valence-corrected chi connectivity index (χ1v) is 10.9. The molecule has 0 fully saturated rings. The van der Waals surface area contributed by atoms with Crippen LogP contribution in [0.25, 0.3) is 0 Å². The third-order valence-corrected chi connectivity index (χ3v) is 9.35. The topological polar surface area (TPSA) is 111 Å². The fourth-order valence-electron chi connectivity index (χ4n) is 2.07. The zero-order valence-corrected chi connectivity index (χ0v) is 16.1. The van der Waals surface area contributed by atoms with Gasteiger partial charge in [0.2, 0.25) is 5.60 Å². The summed E-state index contributed by atoms with van der Waals surface area (Å²) in [5, 5.41) is 23.2. The minimum atomic E-state index is -2.16. The number of ether oxygens (including phenoxy) is 1. The van der Waals surface area contributed by atoms with E-state index in [4.69, 9.17) is 9.16 Å². The number of nitrogens with one attached hydrogen (secondary N) is 1. The molecule has 0 aromatic heterocycles. The summed E-state index contributed by atoms with van der Waals surface area (Å²) < 4.78 is 11.8. The number of nitro benzene ring substituents is 1. The Morgan fingerprint density at radius 1 is 1.40 bits per heavy atom. The van der Waals surface area contributed by atoms with E-state index in [9.17, 15) is 20.0 Å². The normalized spacial score (nSPS) is 20.5. The average Bonchev–Trinajstić information content (AvgIpc) is 2.51. The van der Waals surface area contributed by atoms with Gasteiger partial charge in [-0.15, -0.1) is 0 Å². The second-order valence-electron chi connectivity index (χ2n) is 7.70. The SMILES string of the molecule is CC(C)(C)[Si](C)(C)OCC1(CO)Oc2ccc([N+](=O)[O-])cc2NC1=O. The Bertz CT molecular complexity index is 700. The maximum absolute atomic E-state index is 12.5. The number of fused-ring (bicyclic) bond motifs is 1. The molecule has 1 aromatic rings. The standard InChI is InChI=1S/C16H24N2O6Si/c1-15(2,3)25(4,5)23-10-16(9-19)14(20)17-12-8-11(18(21)22)6-7-13(12)24-16/h6-8,19H,9-10H2,1-5H3,(H,17,20). The zero-order chi connectivity index (χ0) is 19.0. The van der Waals surface area contributed by atoms with Crippen molar-refractivity contribution in [1.82, 2.24) is 0 Å². The summed E-state index contributed by atoms with van der Waals surface area (Å²) in [6, 6.07) is 3.92. The molecule has 2 rings (SSSR count). The van der Waals surface area contributed by atoms with Crippen LogP contribution in [0, 0.1) is 10.1 Å². The van der Waals surface area contributed by atoms with Gasteiger partial charge in [0.1, 0.15) is 5.75 Å². The van der Waals surface area contributed by atoms with Crippen molar-refractivity contribution >= 4 is 25.6 Å². The van der Waals surface area contributed by atoms with E-state index in [1.165, 1.54) is 18.2 Å². The highest BCUT2D eigenvalue weighted by Crippen LogP contribution is 2.39. The lowest BCUT2D eigenvalue weighted by Gasteiger charge is -2.41. The van der Waals surface area contributed by atoms with Crippen molar-refractivity contribution < 1.29 is 24.0 Å².